The van der Waals surface area contributed by atoms with Gasteiger partial charge in [-0.1, -0.05) is 237 Å². The maximum absolute atomic E-state index is 7.39. The van der Waals surface area contributed by atoms with Gasteiger partial charge in [0, 0.05) is 50.1 Å². The van der Waals surface area contributed by atoms with E-state index in [1.165, 1.54) is 37.9 Å². The first-order valence-electron chi connectivity index (χ1n) is 24.9. The molecule has 4 heteroatoms. The minimum absolute atomic E-state index is 0.174. The first-order valence-corrected chi connectivity index (χ1v) is 24.9. The molecule has 3 nitrogen and oxygen atoms in total. The minimum Gasteiger partial charge on any atom is -0.454 e. The molecule has 0 saturated heterocycles. The summed E-state index contributed by atoms with van der Waals surface area (Å²) < 4.78 is 7.39. The molecule has 13 aromatic rings. The summed E-state index contributed by atoms with van der Waals surface area (Å²) in [5, 5.41) is 6.93. The van der Waals surface area contributed by atoms with E-state index in [9.17, 15) is 0 Å². The van der Waals surface area contributed by atoms with Crippen molar-refractivity contribution < 1.29 is 4.42 Å². The Morgan fingerprint density at radius 1 is 0.292 bits per heavy atom. The quantitative estimate of drug-likeness (QED) is 0.155. The molecule has 2 aliphatic heterocycles. The summed E-state index contributed by atoms with van der Waals surface area (Å²) in [6.45, 7) is -0.174. The van der Waals surface area contributed by atoms with Crippen LogP contribution in [0.3, 0.4) is 0 Å². The zero-order valence-corrected chi connectivity index (χ0v) is 39.2. The summed E-state index contributed by atoms with van der Waals surface area (Å²) in [6.07, 6.45) is 0. The molecular formula is C68H43BN2O. The summed E-state index contributed by atoms with van der Waals surface area (Å²) in [7, 11) is 0. The van der Waals surface area contributed by atoms with Crippen LogP contribution in [0, 0.1) is 0 Å². The van der Waals surface area contributed by atoms with Crippen molar-refractivity contribution in [2.45, 2.75) is 0 Å². The van der Waals surface area contributed by atoms with Crippen molar-refractivity contribution >= 4 is 101 Å². The van der Waals surface area contributed by atoms with E-state index in [1.54, 1.807) is 0 Å². The van der Waals surface area contributed by atoms with Crippen molar-refractivity contribution in [3.05, 3.63) is 261 Å². The monoisotopic (exact) mass is 914 g/mol. The van der Waals surface area contributed by atoms with E-state index in [0.29, 0.717) is 0 Å². The predicted octanol–water partition coefficient (Wildman–Crippen LogP) is 16.6. The Morgan fingerprint density at radius 3 is 1.15 bits per heavy atom. The molecule has 15 rings (SSSR count). The summed E-state index contributed by atoms with van der Waals surface area (Å²) in [5.41, 5.74) is 21.3. The van der Waals surface area contributed by atoms with E-state index in [4.69, 9.17) is 4.42 Å². The van der Waals surface area contributed by atoms with Gasteiger partial charge in [-0.05, 0) is 84.5 Å². The molecule has 0 unspecified atom stereocenters. The number of furan rings is 1. The molecule has 0 N–H and O–H groups in total. The molecule has 3 heterocycles. The molecule has 0 amide bonds. The fourth-order valence-corrected chi connectivity index (χ4v) is 12.0. The molecule has 0 saturated carbocycles. The second-order valence-corrected chi connectivity index (χ2v) is 19.1. The number of para-hydroxylation sites is 3. The van der Waals surface area contributed by atoms with Crippen molar-refractivity contribution in [2.75, 3.05) is 9.80 Å². The number of fused-ring (bicyclic) bond motifs is 10. The Labute approximate surface area is 418 Å². The first-order chi connectivity index (χ1) is 35.7. The van der Waals surface area contributed by atoms with Crippen LogP contribution in [-0.2, 0) is 0 Å². The highest BCUT2D eigenvalue weighted by Crippen LogP contribution is 2.55. The molecule has 334 valence electrons. The SMILES string of the molecule is c1ccc(-c2cccc(-c3ccccc3)c2N2c3cc4ccccc4cc3B3c4cc5ccccc5cc4N(c4c(-c5ccccc5)cccc4-c4ccccc4)c4c3c2cc2c4oc3ccccc32)cc1. The highest BCUT2D eigenvalue weighted by atomic mass is 16.3. The highest BCUT2D eigenvalue weighted by molar-refractivity contribution is 7.01. The zero-order chi connectivity index (χ0) is 47.3. The van der Waals surface area contributed by atoms with Crippen LogP contribution in [-0.4, -0.2) is 6.71 Å². The van der Waals surface area contributed by atoms with Crippen LogP contribution in [0.25, 0.3) is 88.0 Å². The Bertz CT molecular complexity index is 4150. The van der Waals surface area contributed by atoms with Crippen LogP contribution in [0.15, 0.2) is 265 Å². The molecule has 0 spiro atoms. The van der Waals surface area contributed by atoms with E-state index in [1.807, 2.05) is 0 Å². The lowest BCUT2D eigenvalue weighted by atomic mass is 9.33. The lowest BCUT2D eigenvalue weighted by molar-refractivity contribution is 0.669. The number of benzene rings is 12. The maximum atomic E-state index is 7.39. The van der Waals surface area contributed by atoms with E-state index < -0.39 is 0 Å². The number of hydrogen-bond acceptors (Lipinski definition) is 3. The van der Waals surface area contributed by atoms with Gasteiger partial charge in [-0.25, -0.2) is 0 Å². The van der Waals surface area contributed by atoms with Crippen LogP contribution in [0.4, 0.5) is 34.1 Å². The van der Waals surface area contributed by atoms with Gasteiger partial charge in [0.1, 0.15) is 5.58 Å². The fourth-order valence-electron chi connectivity index (χ4n) is 12.0. The molecule has 0 aliphatic carbocycles. The van der Waals surface area contributed by atoms with E-state index >= 15 is 0 Å². The van der Waals surface area contributed by atoms with Gasteiger partial charge in [-0.2, -0.15) is 0 Å². The van der Waals surface area contributed by atoms with Gasteiger partial charge in [-0.3, -0.25) is 0 Å². The molecule has 2 aliphatic rings. The van der Waals surface area contributed by atoms with Gasteiger partial charge in [0.2, 0.25) is 0 Å². The topological polar surface area (TPSA) is 19.6 Å². The lowest BCUT2D eigenvalue weighted by Crippen LogP contribution is -2.61. The Morgan fingerprint density at radius 2 is 0.681 bits per heavy atom. The van der Waals surface area contributed by atoms with E-state index in [-0.39, 0.29) is 6.71 Å². The minimum atomic E-state index is -0.174. The third kappa shape index (κ3) is 6.12. The summed E-state index contributed by atoms with van der Waals surface area (Å²) in [5.74, 6) is 0. The molecule has 12 aromatic carbocycles. The maximum Gasteiger partial charge on any atom is 0.252 e. The number of anilines is 6. The molecule has 0 radical (unpaired) electrons. The van der Waals surface area contributed by atoms with E-state index in [0.717, 1.165) is 101 Å². The number of nitrogens with zero attached hydrogens (tertiary/aromatic N) is 2. The average Bonchev–Trinajstić information content (AvgIpc) is 3.83. The van der Waals surface area contributed by atoms with Crippen molar-refractivity contribution in [3.63, 3.8) is 0 Å². The first kappa shape index (κ1) is 40.5. The highest BCUT2D eigenvalue weighted by Gasteiger charge is 2.47. The predicted molar refractivity (Wildman–Crippen MR) is 304 cm³/mol. The Kier molecular flexibility index (Phi) is 9.06. The second-order valence-electron chi connectivity index (χ2n) is 19.1. The fraction of sp³-hybridized carbons (Fsp3) is 0. The smallest absolute Gasteiger partial charge is 0.252 e. The van der Waals surface area contributed by atoms with Gasteiger partial charge < -0.3 is 14.2 Å². The zero-order valence-electron chi connectivity index (χ0n) is 39.2. The molecule has 1 aromatic heterocycles. The number of rotatable bonds is 6. The molecule has 0 bridgehead atoms. The van der Waals surface area contributed by atoms with Gasteiger partial charge in [0.15, 0.2) is 5.58 Å². The Balaban J connectivity index is 1.17. The van der Waals surface area contributed by atoms with Crippen LogP contribution in [0.2, 0.25) is 0 Å². The number of hydrogen-bond donors (Lipinski definition) is 0. The van der Waals surface area contributed by atoms with E-state index in [2.05, 4.69) is 271 Å². The van der Waals surface area contributed by atoms with Crippen molar-refractivity contribution in [3.8, 4) is 44.5 Å². The van der Waals surface area contributed by atoms with Crippen molar-refractivity contribution in [1.82, 2.24) is 0 Å². The summed E-state index contributed by atoms with van der Waals surface area (Å²) >= 11 is 0. The molecule has 0 atom stereocenters. The molecule has 0 fully saturated rings. The molecular weight excluding hydrogens is 872 g/mol. The van der Waals surface area contributed by atoms with Gasteiger partial charge in [0.05, 0.1) is 17.1 Å². The second kappa shape index (κ2) is 16.1. The van der Waals surface area contributed by atoms with Crippen LogP contribution in [0.5, 0.6) is 0 Å². The summed E-state index contributed by atoms with van der Waals surface area (Å²) in [4.78, 5) is 5.21. The third-order valence-electron chi connectivity index (χ3n) is 15.2. The van der Waals surface area contributed by atoms with Crippen LogP contribution < -0.4 is 26.2 Å². The van der Waals surface area contributed by atoms with Crippen molar-refractivity contribution in [1.29, 1.82) is 0 Å². The van der Waals surface area contributed by atoms with Crippen molar-refractivity contribution in [2.24, 2.45) is 0 Å². The summed E-state index contributed by atoms with van der Waals surface area (Å²) in [6, 6.07) is 95.8. The third-order valence-corrected chi connectivity index (χ3v) is 15.2. The van der Waals surface area contributed by atoms with Gasteiger partial charge in [0.25, 0.3) is 6.71 Å². The van der Waals surface area contributed by atoms with Crippen LogP contribution >= 0.6 is 0 Å². The van der Waals surface area contributed by atoms with Crippen LogP contribution in [0.1, 0.15) is 0 Å². The molecule has 72 heavy (non-hydrogen) atoms. The van der Waals surface area contributed by atoms with Gasteiger partial charge in [-0.15, -0.1) is 0 Å². The standard InChI is InChI=1S/C68H43BN2O/c1-5-21-44(22-6-1)52-34-19-35-53(45-23-7-2-8-24-45)65(52)70-60-41-50-31-15-13-29-48(50)39-58(60)69-59-40-49-30-14-16-32-51(49)42-61(59)71(67-64(69)62(70)43-57-56-33-17-18-38-63(56)72-68(57)67)66-54(46-25-9-3-10-26-46)36-20-37-55(66)47-27-11-4-12-28-47/h1-43H. The van der Waals surface area contributed by atoms with Gasteiger partial charge >= 0.3 is 0 Å². The Hall–Kier alpha value is -9.38. The lowest BCUT2D eigenvalue weighted by Gasteiger charge is -2.45. The average molecular weight is 915 g/mol. The largest absolute Gasteiger partial charge is 0.454 e. The normalized spacial score (nSPS) is 12.6.